The maximum absolute atomic E-state index is 13.0. The number of fused-ring (bicyclic) bond motifs is 1. The van der Waals surface area contributed by atoms with Gasteiger partial charge in [-0.15, -0.1) is 0 Å². The third-order valence-electron chi connectivity index (χ3n) is 5.18. The number of hydrogen-bond acceptors (Lipinski definition) is 3. The first-order valence-electron chi connectivity index (χ1n) is 9.34. The van der Waals surface area contributed by atoms with Crippen LogP contribution in [-0.4, -0.2) is 11.9 Å². The molecule has 0 saturated heterocycles. The standard InChI is InChI=1S/C23H24N2O2/c1-15-6-9-18(10-7-15)24-20-14-17(3)25(23(26)22-5-4-12-27-22)21-11-8-16(2)13-19(20)21/h4-13,17,20,24H,14H2,1-3H3. The summed E-state index contributed by atoms with van der Waals surface area (Å²) in [7, 11) is 0. The Bertz CT molecular complexity index is 945. The second kappa shape index (κ2) is 6.95. The maximum atomic E-state index is 13.0. The number of carbonyl (C=O) groups is 1. The van der Waals surface area contributed by atoms with E-state index in [0.29, 0.717) is 5.76 Å². The van der Waals surface area contributed by atoms with E-state index in [9.17, 15) is 4.79 Å². The lowest BCUT2D eigenvalue weighted by Gasteiger charge is -2.39. The quantitative estimate of drug-likeness (QED) is 0.672. The lowest BCUT2D eigenvalue weighted by Crippen LogP contribution is -2.44. The molecule has 1 N–H and O–H groups in total. The van der Waals surface area contributed by atoms with Gasteiger partial charge in [0.1, 0.15) is 0 Å². The van der Waals surface area contributed by atoms with E-state index in [4.69, 9.17) is 4.42 Å². The minimum absolute atomic E-state index is 0.0563. The number of hydrogen-bond donors (Lipinski definition) is 1. The van der Waals surface area contributed by atoms with E-state index in [2.05, 4.69) is 62.5 Å². The Morgan fingerprint density at radius 2 is 1.81 bits per heavy atom. The lowest BCUT2D eigenvalue weighted by molar-refractivity contribution is 0.0947. The first-order chi connectivity index (χ1) is 13.0. The highest BCUT2D eigenvalue weighted by Crippen LogP contribution is 2.40. The molecule has 4 rings (SSSR count). The predicted molar refractivity (Wildman–Crippen MR) is 108 cm³/mol. The van der Waals surface area contributed by atoms with Gasteiger partial charge in [-0.2, -0.15) is 0 Å². The van der Waals surface area contributed by atoms with Crippen LogP contribution in [0.15, 0.2) is 65.3 Å². The zero-order valence-electron chi connectivity index (χ0n) is 15.9. The van der Waals surface area contributed by atoms with Crippen molar-refractivity contribution in [1.82, 2.24) is 0 Å². The summed E-state index contributed by atoms with van der Waals surface area (Å²) in [5.41, 5.74) is 5.61. The van der Waals surface area contributed by atoms with Crippen LogP contribution in [0.5, 0.6) is 0 Å². The van der Waals surface area contributed by atoms with Crippen LogP contribution in [0.4, 0.5) is 11.4 Å². The van der Waals surface area contributed by atoms with Gasteiger partial charge in [0, 0.05) is 17.4 Å². The minimum Gasteiger partial charge on any atom is -0.459 e. The number of benzene rings is 2. The largest absolute Gasteiger partial charge is 0.459 e. The molecule has 3 aromatic rings. The summed E-state index contributed by atoms with van der Waals surface area (Å²) in [6, 6.07) is 18.4. The number of nitrogens with one attached hydrogen (secondary N) is 1. The molecule has 0 fully saturated rings. The molecule has 4 nitrogen and oxygen atoms in total. The molecular formula is C23H24N2O2. The van der Waals surface area contributed by atoms with Gasteiger partial charge in [0.25, 0.3) is 5.91 Å². The van der Waals surface area contributed by atoms with E-state index in [1.807, 2.05) is 11.0 Å². The number of furan rings is 1. The minimum atomic E-state index is -0.0913. The summed E-state index contributed by atoms with van der Waals surface area (Å²) in [5.74, 6) is 0.282. The third kappa shape index (κ3) is 3.35. The second-order valence-corrected chi connectivity index (χ2v) is 7.36. The fourth-order valence-corrected chi connectivity index (χ4v) is 3.80. The van der Waals surface area contributed by atoms with Crippen LogP contribution in [0, 0.1) is 13.8 Å². The molecule has 2 aromatic carbocycles. The average molecular weight is 360 g/mol. The highest BCUT2D eigenvalue weighted by molar-refractivity contribution is 6.05. The van der Waals surface area contributed by atoms with Crippen LogP contribution >= 0.6 is 0 Å². The predicted octanol–water partition coefficient (Wildman–Crippen LogP) is 5.49. The Hall–Kier alpha value is -3.01. The Kier molecular flexibility index (Phi) is 4.48. The molecule has 0 radical (unpaired) electrons. The second-order valence-electron chi connectivity index (χ2n) is 7.36. The van der Waals surface area contributed by atoms with Gasteiger partial charge in [-0.25, -0.2) is 0 Å². The lowest BCUT2D eigenvalue weighted by atomic mass is 9.90. The molecule has 138 valence electrons. The first kappa shape index (κ1) is 17.4. The Balaban J connectivity index is 1.71. The average Bonchev–Trinajstić information content (AvgIpc) is 3.18. The molecule has 0 aliphatic carbocycles. The SMILES string of the molecule is Cc1ccc(NC2CC(C)N(C(=O)c3ccco3)c3ccc(C)cc32)cc1. The molecule has 1 aromatic heterocycles. The van der Waals surface area contributed by atoms with Gasteiger partial charge in [-0.3, -0.25) is 4.79 Å². The molecule has 0 bridgehead atoms. The zero-order valence-corrected chi connectivity index (χ0v) is 15.9. The summed E-state index contributed by atoms with van der Waals surface area (Å²) in [4.78, 5) is 14.9. The van der Waals surface area contributed by atoms with E-state index >= 15 is 0 Å². The topological polar surface area (TPSA) is 45.5 Å². The molecule has 1 aliphatic rings. The van der Waals surface area contributed by atoms with Crippen molar-refractivity contribution in [3.63, 3.8) is 0 Å². The van der Waals surface area contributed by atoms with Gasteiger partial charge in [-0.05, 0) is 63.1 Å². The van der Waals surface area contributed by atoms with Crippen molar-refractivity contribution in [1.29, 1.82) is 0 Å². The van der Waals surface area contributed by atoms with Crippen molar-refractivity contribution in [2.24, 2.45) is 0 Å². The maximum Gasteiger partial charge on any atom is 0.294 e. The number of carbonyl (C=O) groups excluding carboxylic acids is 1. The molecule has 4 heteroatoms. The highest BCUT2D eigenvalue weighted by Gasteiger charge is 2.35. The van der Waals surface area contributed by atoms with Crippen molar-refractivity contribution in [2.45, 2.75) is 39.3 Å². The summed E-state index contributed by atoms with van der Waals surface area (Å²) in [6.07, 6.45) is 2.37. The molecule has 2 heterocycles. The number of aryl methyl sites for hydroxylation is 2. The van der Waals surface area contributed by atoms with Gasteiger partial charge in [0.2, 0.25) is 0 Å². The van der Waals surface area contributed by atoms with E-state index in [1.165, 1.54) is 11.1 Å². The van der Waals surface area contributed by atoms with E-state index in [0.717, 1.165) is 23.4 Å². The monoisotopic (exact) mass is 360 g/mol. The third-order valence-corrected chi connectivity index (χ3v) is 5.18. The molecule has 0 spiro atoms. The first-order valence-corrected chi connectivity index (χ1v) is 9.34. The van der Waals surface area contributed by atoms with Crippen LogP contribution < -0.4 is 10.2 Å². The summed E-state index contributed by atoms with van der Waals surface area (Å²) in [5, 5.41) is 3.65. The molecule has 1 amide bonds. The molecule has 2 unspecified atom stereocenters. The van der Waals surface area contributed by atoms with E-state index in [-0.39, 0.29) is 18.0 Å². The summed E-state index contributed by atoms with van der Waals surface area (Å²) in [6.45, 7) is 6.26. The number of rotatable bonds is 3. The molecule has 0 saturated carbocycles. The van der Waals surface area contributed by atoms with E-state index < -0.39 is 0 Å². The van der Waals surface area contributed by atoms with Gasteiger partial charge in [0.05, 0.1) is 12.3 Å². The highest BCUT2D eigenvalue weighted by atomic mass is 16.3. The van der Waals surface area contributed by atoms with Crippen LogP contribution in [0.1, 0.15) is 46.6 Å². The van der Waals surface area contributed by atoms with Gasteiger partial charge < -0.3 is 14.6 Å². The van der Waals surface area contributed by atoms with Crippen LogP contribution in [-0.2, 0) is 0 Å². The van der Waals surface area contributed by atoms with Gasteiger partial charge >= 0.3 is 0 Å². The van der Waals surface area contributed by atoms with Crippen molar-refractivity contribution in [3.05, 3.63) is 83.3 Å². The molecular weight excluding hydrogens is 336 g/mol. The molecule has 2 atom stereocenters. The van der Waals surface area contributed by atoms with Crippen molar-refractivity contribution >= 4 is 17.3 Å². The fraction of sp³-hybridized carbons (Fsp3) is 0.261. The van der Waals surface area contributed by atoms with E-state index in [1.54, 1.807) is 18.4 Å². The van der Waals surface area contributed by atoms with Gasteiger partial charge in [-0.1, -0.05) is 35.4 Å². The normalized spacial score (nSPS) is 18.9. The fourth-order valence-electron chi connectivity index (χ4n) is 3.80. The number of anilines is 2. The summed E-state index contributed by atoms with van der Waals surface area (Å²) < 4.78 is 5.36. The van der Waals surface area contributed by atoms with Crippen LogP contribution in [0.25, 0.3) is 0 Å². The smallest absolute Gasteiger partial charge is 0.294 e. The Labute approximate surface area is 159 Å². The van der Waals surface area contributed by atoms with Crippen molar-refractivity contribution < 1.29 is 9.21 Å². The van der Waals surface area contributed by atoms with Crippen LogP contribution in [0.3, 0.4) is 0 Å². The summed E-state index contributed by atoms with van der Waals surface area (Å²) >= 11 is 0. The Morgan fingerprint density at radius 3 is 2.52 bits per heavy atom. The Morgan fingerprint density at radius 1 is 1.07 bits per heavy atom. The number of amides is 1. The number of nitrogens with zero attached hydrogens (tertiary/aromatic N) is 1. The van der Waals surface area contributed by atoms with Gasteiger partial charge in [0.15, 0.2) is 5.76 Å². The zero-order chi connectivity index (χ0) is 19.0. The van der Waals surface area contributed by atoms with Crippen LogP contribution in [0.2, 0.25) is 0 Å². The molecule has 27 heavy (non-hydrogen) atoms. The van der Waals surface area contributed by atoms with Crippen molar-refractivity contribution in [3.8, 4) is 0 Å². The van der Waals surface area contributed by atoms with Crippen molar-refractivity contribution in [2.75, 3.05) is 10.2 Å². The molecule has 1 aliphatic heterocycles.